The molecule has 0 atom stereocenters. The van der Waals surface area contributed by atoms with E-state index in [0.717, 1.165) is 5.56 Å². The predicted octanol–water partition coefficient (Wildman–Crippen LogP) is -0.0874. The second-order valence-corrected chi connectivity index (χ2v) is 4.21. The average molecular weight is 186 g/mol. The van der Waals surface area contributed by atoms with Crippen LogP contribution in [-0.4, -0.2) is 19.2 Å². The highest BCUT2D eigenvalue weighted by molar-refractivity contribution is 7.89. The summed E-state index contributed by atoms with van der Waals surface area (Å²) >= 11 is 0. The van der Waals surface area contributed by atoms with Gasteiger partial charge in [0.15, 0.2) is 0 Å². The summed E-state index contributed by atoms with van der Waals surface area (Å²) in [7, 11) is -3.35. The molecule has 66 valence electrons. The summed E-state index contributed by atoms with van der Waals surface area (Å²) in [4.78, 5) is 3.85. The lowest BCUT2D eigenvalue weighted by molar-refractivity contribution is 0.597. The molecule has 0 saturated heterocycles. The van der Waals surface area contributed by atoms with Crippen molar-refractivity contribution in [2.45, 2.75) is 6.42 Å². The first-order chi connectivity index (χ1) is 5.58. The third kappa shape index (κ3) is 3.45. The van der Waals surface area contributed by atoms with E-state index in [1.54, 1.807) is 18.5 Å². The molecule has 0 aromatic carbocycles. The number of nitrogens with zero attached hydrogens (tertiary/aromatic N) is 1. The molecular weight excluding hydrogens is 176 g/mol. The highest BCUT2D eigenvalue weighted by Gasteiger charge is 2.02. The van der Waals surface area contributed by atoms with Crippen LogP contribution in [0.4, 0.5) is 0 Å². The van der Waals surface area contributed by atoms with Crippen LogP contribution < -0.4 is 5.14 Å². The fourth-order valence-electron chi connectivity index (χ4n) is 0.806. The van der Waals surface area contributed by atoms with Gasteiger partial charge in [0, 0.05) is 12.4 Å². The lowest BCUT2D eigenvalue weighted by Gasteiger charge is -1.97. The molecule has 0 amide bonds. The molecule has 1 heterocycles. The average Bonchev–Trinajstić information content (AvgIpc) is 2.02. The van der Waals surface area contributed by atoms with Crippen molar-refractivity contribution in [2.24, 2.45) is 5.14 Å². The minimum absolute atomic E-state index is 0.0291. The topological polar surface area (TPSA) is 73.1 Å². The fourth-order valence-corrected chi connectivity index (χ4v) is 1.33. The Balaban J connectivity index is 2.56. The monoisotopic (exact) mass is 186 g/mol. The Morgan fingerprint density at radius 3 is 2.75 bits per heavy atom. The molecule has 12 heavy (non-hydrogen) atoms. The number of aromatic nitrogens is 1. The van der Waals surface area contributed by atoms with Gasteiger partial charge in [-0.25, -0.2) is 13.6 Å². The Bertz CT molecular complexity index is 334. The number of pyridine rings is 1. The molecule has 4 nitrogen and oxygen atoms in total. The highest BCUT2D eigenvalue weighted by atomic mass is 32.2. The van der Waals surface area contributed by atoms with E-state index in [2.05, 4.69) is 4.98 Å². The van der Waals surface area contributed by atoms with Crippen molar-refractivity contribution in [3.8, 4) is 0 Å². The largest absolute Gasteiger partial charge is 0.264 e. The van der Waals surface area contributed by atoms with Gasteiger partial charge in [-0.15, -0.1) is 0 Å². The molecule has 1 aromatic heterocycles. The summed E-state index contributed by atoms with van der Waals surface area (Å²) in [6.07, 6.45) is 3.69. The van der Waals surface area contributed by atoms with Gasteiger partial charge in [0.05, 0.1) is 5.75 Å². The first kappa shape index (κ1) is 9.15. The van der Waals surface area contributed by atoms with Crippen LogP contribution in [0.2, 0.25) is 0 Å². The number of nitrogens with two attached hydrogens (primary N) is 1. The van der Waals surface area contributed by atoms with Gasteiger partial charge in [0.25, 0.3) is 0 Å². The third-order valence-corrected chi connectivity index (χ3v) is 2.17. The molecule has 0 spiro atoms. The van der Waals surface area contributed by atoms with Crippen LogP contribution in [0, 0.1) is 0 Å². The summed E-state index contributed by atoms with van der Waals surface area (Å²) in [5.41, 5.74) is 0.881. The Morgan fingerprint density at radius 1 is 1.50 bits per heavy atom. The zero-order valence-electron chi connectivity index (χ0n) is 6.47. The summed E-state index contributed by atoms with van der Waals surface area (Å²) in [5, 5.41) is 4.84. The normalized spacial score (nSPS) is 11.4. The second kappa shape index (κ2) is 3.64. The summed E-state index contributed by atoms with van der Waals surface area (Å²) in [5.74, 6) is -0.0291. The van der Waals surface area contributed by atoms with Crippen molar-refractivity contribution in [1.82, 2.24) is 4.98 Å². The highest BCUT2D eigenvalue weighted by Crippen LogP contribution is 1.97. The minimum atomic E-state index is -3.35. The van der Waals surface area contributed by atoms with Crippen LogP contribution >= 0.6 is 0 Å². The van der Waals surface area contributed by atoms with Gasteiger partial charge in [-0.3, -0.25) is 4.98 Å². The SMILES string of the molecule is NS(=O)(=O)CCc1cccnc1. The predicted molar refractivity (Wildman–Crippen MR) is 45.9 cm³/mol. The second-order valence-electron chi connectivity index (χ2n) is 2.48. The van der Waals surface area contributed by atoms with Crippen LogP contribution in [-0.2, 0) is 16.4 Å². The quantitative estimate of drug-likeness (QED) is 0.717. The van der Waals surface area contributed by atoms with Crippen LogP contribution in [0.3, 0.4) is 0 Å². The molecule has 1 aromatic rings. The van der Waals surface area contributed by atoms with Crippen molar-refractivity contribution >= 4 is 10.0 Å². The number of sulfonamides is 1. The third-order valence-electron chi connectivity index (χ3n) is 1.40. The van der Waals surface area contributed by atoms with E-state index in [1.807, 2.05) is 6.07 Å². The van der Waals surface area contributed by atoms with E-state index in [0.29, 0.717) is 6.42 Å². The van der Waals surface area contributed by atoms with Crippen molar-refractivity contribution in [1.29, 1.82) is 0 Å². The van der Waals surface area contributed by atoms with Gasteiger partial charge in [-0.1, -0.05) is 6.07 Å². The van der Waals surface area contributed by atoms with Crippen molar-refractivity contribution in [3.63, 3.8) is 0 Å². The Kier molecular flexibility index (Phi) is 2.78. The maximum Gasteiger partial charge on any atom is 0.209 e. The Hall–Kier alpha value is -0.940. The van der Waals surface area contributed by atoms with E-state index in [-0.39, 0.29) is 5.75 Å². The smallest absolute Gasteiger partial charge is 0.209 e. The molecule has 0 radical (unpaired) electrons. The fraction of sp³-hybridized carbons (Fsp3) is 0.286. The number of hydrogen-bond acceptors (Lipinski definition) is 3. The molecule has 0 aliphatic rings. The molecule has 5 heteroatoms. The van der Waals surface area contributed by atoms with Crippen molar-refractivity contribution < 1.29 is 8.42 Å². The van der Waals surface area contributed by atoms with Crippen LogP contribution in [0.25, 0.3) is 0 Å². The zero-order valence-corrected chi connectivity index (χ0v) is 7.29. The van der Waals surface area contributed by atoms with E-state index in [9.17, 15) is 8.42 Å². The zero-order chi connectivity index (χ0) is 9.03. The first-order valence-corrected chi connectivity index (χ1v) is 5.19. The molecule has 0 bridgehead atoms. The first-order valence-electron chi connectivity index (χ1n) is 3.47. The summed E-state index contributed by atoms with van der Waals surface area (Å²) < 4.78 is 21.1. The molecule has 0 unspecified atom stereocenters. The number of primary sulfonamides is 1. The molecule has 0 aliphatic carbocycles. The van der Waals surface area contributed by atoms with Gasteiger partial charge in [-0.2, -0.15) is 0 Å². The number of aryl methyl sites for hydroxylation is 1. The van der Waals surface area contributed by atoms with Gasteiger partial charge < -0.3 is 0 Å². The number of hydrogen-bond donors (Lipinski definition) is 1. The molecule has 0 fully saturated rings. The molecule has 1 rings (SSSR count). The van der Waals surface area contributed by atoms with Crippen molar-refractivity contribution in [2.75, 3.05) is 5.75 Å². The van der Waals surface area contributed by atoms with Crippen molar-refractivity contribution in [3.05, 3.63) is 30.1 Å². The van der Waals surface area contributed by atoms with Gasteiger partial charge in [0.2, 0.25) is 10.0 Å². The lowest BCUT2D eigenvalue weighted by atomic mass is 10.2. The van der Waals surface area contributed by atoms with E-state index in [4.69, 9.17) is 5.14 Å². The maximum absolute atomic E-state index is 10.6. The van der Waals surface area contributed by atoms with Crippen LogP contribution in [0.15, 0.2) is 24.5 Å². The number of rotatable bonds is 3. The standard InChI is InChI=1S/C7H10N2O2S/c8-12(10,11)5-3-7-2-1-4-9-6-7/h1-2,4,6H,3,5H2,(H2,8,10,11). The van der Waals surface area contributed by atoms with E-state index in [1.165, 1.54) is 0 Å². The summed E-state index contributed by atoms with van der Waals surface area (Å²) in [6.45, 7) is 0. The minimum Gasteiger partial charge on any atom is -0.264 e. The molecule has 2 N–H and O–H groups in total. The molecule has 0 saturated carbocycles. The van der Waals surface area contributed by atoms with Crippen LogP contribution in [0.5, 0.6) is 0 Å². The molecular formula is C7H10N2O2S. The Morgan fingerprint density at radius 2 is 2.25 bits per heavy atom. The van der Waals surface area contributed by atoms with Gasteiger partial charge >= 0.3 is 0 Å². The lowest BCUT2D eigenvalue weighted by Crippen LogP contribution is -2.17. The maximum atomic E-state index is 10.6. The molecule has 0 aliphatic heterocycles. The summed E-state index contributed by atoms with van der Waals surface area (Å²) in [6, 6.07) is 3.58. The van der Waals surface area contributed by atoms with Gasteiger partial charge in [-0.05, 0) is 18.1 Å². The van der Waals surface area contributed by atoms with E-state index >= 15 is 0 Å². The Labute approximate surface area is 71.5 Å². The van der Waals surface area contributed by atoms with Gasteiger partial charge in [0.1, 0.15) is 0 Å². The van der Waals surface area contributed by atoms with Crippen LogP contribution in [0.1, 0.15) is 5.56 Å². The van der Waals surface area contributed by atoms with E-state index < -0.39 is 10.0 Å².